The number of hydrogen-bond acceptors (Lipinski definition) is 6. The van der Waals surface area contributed by atoms with Gasteiger partial charge in [-0.15, -0.1) is 0 Å². The molecular weight excluding hydrogens is 439 g/mol. The standard InChI is InChI=1S/C25H25FN4O4/c1-32-22-16(26)3-2-4-17(22)29-21-19-23(25(7-8-25)13-28-24(19)31)30-20(21)15-5-9-27-11-18(15)34-12-14-6-10-33-14/h2-5,9,11,14,29-30H,6-8,10,12-13H2,1H3,(H,28,31)/t14-/m0/s1. The lowest BCUT2D eigenvalue weighted by Gasteiger charge is -2.26. The lowest BCUT2D eigenvalue weighted by atomic mass is 9.93. The van der Waals surface area contributed by atoms with Crippen molar-refractivity contribution in [3.63, 3.8) is 0 Å². The maximum absolute atomic E-state index is 14.4. The first-order valence-corrected chi connectivity index (χ1v) is 11.4. The molecule has 2 fully saturated rings. The molecule has 0 unspecified atom stereocenters. The number of H-pyrrole nitrogens is 1. The summed E-state index contributed by atoms with van der Waals surface area (Å²) in [5.41, 5.74) is 3.75. The zero-order valence-electron chi connectivity index (χ0n) is 18.7. The zero-order valence-corrected chi connectivity index (χ0v) is 18.7. The number of methoxy groups -OCH3 is 1. The van der Waals surface area contributed by atoms with Crippen LogP contribution in [-0.2, 0) is 10.2 Å². The van der Waals surface area contributed by atoms with Gasteiger partial charge in [-0.3, -0.25) is 9.78 Å². The van der Waals surface area contributed by atoms with E-state index < -0.39 is 5.82 Å². The number of ether oxygens (including phenoxy) is 3. The average molecular weight is 464 g/mol. The number of carbonyl (C=O) groups is 1. The topological polar surface area (TPSA) is 97.5 Å². The molecule has 1 saturated carbocycles. The highest BCUT2D eigenvalue weighted by Crippen LogP contribution is 2.54. The molecule has 0 bridgehead atoms. The summed E-state index contributed by atoms with van der Waals surface area (Å²) in [4.78, 5) is 20.9. The van der Waals surface area contributed by atoms with Crippen LogP contribution in [0.5, 0.6) is 11.5 Å². The average Bonchev–Trinajstić information content (AvgIpc) is 3.49. The van der Waals surface area contributed by atoms with Gasteiger partial charge in [0.25, 0.3) is 5.91 Å². The second-order valence-electron chi connectivity index (χ2n) is 9.00. The normalized spacial score (nSPS) is 19.7. The molecule has 1 saturated heterocycles. The molecule has 4 heterocycles. The Kier molecular flexibility index (Phi) is 4.95. The van der Waals surface area contributed by atoms with Crippen molar-refractivity contribution in [3.05, 3.63) is 53.7 Å². The number of halogens is 1. The van der Waals surface area contributed by atoms with Crippen LogP contribution in [0, 0.1) is 5.82 Å². The first-order chi connectivity index (χ1) is 16.6. The molecule has 6 rings (SSSR count). The number of nitrogens with one attached hydrogen (secondary N) is 3. The highest BCUT2D eigenvalue weighted by Gasteiger charge is 2.51. The molecule has 8 nitrogen and oxygen atoms in total. The number of anilines is 2. The number of para-hydroxylation sites is 1. The number of aromatic amines is 1. The first kappa shape index (κ1) is 21.0. The van der Waals surface area contributed by atoms with Crippen molar-refractivity contribution >= 4 is 17.3 Å². The summed E-state index contributed by atoms with van der Waals surface area (Å²) < 4.78 is 31.3. The second-order valence-corrected chi connectivity index (χ2v) is 9.00. The Hall–Kier alpha value is -3.59. The van der Waals surface area contributed by atoms with Crippen LogP contribution >= 0.6 is 0 Å². The quantitative estimate of drug-likeness (QED) is 0.491. The van der Waals surface area contributed by atoms with E-state index in [2.05, 4.69) is 20.6 Å². The number of hydrogen-bond donors (Lipinski definition) is 3. The van der Waals surface area contributed by atoms with Crippen LogP contribution in [0.3, 0.4) is 0 Å². The van der Waals surface area contributed by atoms with Crippen molar-refractivity contribution in [1.82, 2.24) is 15.3 Å². The zero-order chi connectivity index (χ0) is 23.3. The Morgan fingerprint density at radius 1 is 1.32 bits per heavy atom. The van der Waals surface area contributed by atoms with Gasteiger partial charge in [0, 0.05) is 42.4 Å². The van der Waals surface area contributed by atoms with Crippen molar-refractivity contribution < 1.29 is 23.4 Å². The Morgan fingerprint density at radius 2 is 2.18 bits per heavy atom. The molecule has 1 aliphatic carbocycles. The minimum Gasteiger partial charge on any atom is -0.492 e. The highest BCUT2D eigenvalue weighted by atomic mass is 19.1. The maximum atomic E-state index is 14.4. The van der Waals surface area contributed by atoms with Crippen LogP contribution in [-0.4, -0.2) is 48.8 Å². The lowest BCUT2D eigenvalue weighted by molar-refractivity contribution is -0.0720. The van der Waals surface area contributed by atoms with Crippen molar-refractivity contribution in [3.8, 4) is 22.8 Å². The molecule has 176 valence electrons. The molecule has 2 aliphatic heterocycles. The minimum absolute atomic E-state index is 0.0690. The summed E-state index contributed by atoms with van der Waals surface area (Å²) in [5.74, 6) is -0.00696. The minimum atomic E-state index is -0.491. The van der Waals surface area contributed by atoms with E-state index in [0.29, 0.717) is 41.5 Å². The highest BCUT2D eigenvalue weighted by molar-refractivity contribution is 6.07. The Balaban J connectivity index is 1.49. The van der Waals surface area contributed by atoms with Crippen molar-refractivity contribution in [2.75, 3.05) is 32.2 Å². The SMILES string of the molecule is COc1c(F)cccc1Nc1c(-c2ccncc2OC[C@@H]2CCO2)[nH]c2c1C(=O)NCC21CC1. The third kappa shape index (κ3) is 3.38. The summed E-state index contributed by atoms with van der Waals surface area (Å²) in [5, 5.41) is 6.32. The Morgan fingerprint density at radius 3 is 2.91 bits per heavy atom. The monoisotopic (exact) mass is 464 g/mol. The van der Waals surface area contributed by atoms with Gasteiger partial charge in [-0.1, -0.05) is 6.07 Å². The number of fused-ring (bicyclic) bond motifs is 2. The molecule has 9 heteroatoms. The van der Waals surface area contributed by atoms with Gasteiger partial charge in [-0.25, -0.2) is 4.39 Å². The largest absolute Gasteiger partial charge is 0.492 e. The molecule has 0 radical (unpaired) electrons. The van der Waals surface area contributed by atoms with E-state index >= 15 is 0 Å². The van der Waals surface area contributed by atoms with E-state index in [-0.39, 0.29) is 23.2 Å². The maximum Gasteiger partial charge on any atom is 0.255 e. The Bertz CT molecular complexity index is 1270. The third-order valence-corrected chi connectivity index (χ3v) is 6.90. The van der Waals surface area contributed by atoms with Crippen molar-refractivity contribution in [2.24, 2.45) is 0 Å². The van der Waals surface area contributed by atoms with Crippen molar-refractivity contribution in [2.45, 2.75) is 30.8 Å². The molecule has 3 aromatic rings. The number of amides is 1. The van der Waals surface area contributed by atoms with Gasteiger partial charge in [-0.2, -0.15) is 0 Å². The summed E-state index contributed by atoms with van der Waals surface area (Å²) in [6, 6.07) is 6.50. The van der Waals surface area contributed by atoms with Gasteiger partial charge in [0.05, 0.1) is 42.0 Å². The first-order valence-electron chi connectivity index (χ1n) is 11.4. The molecule has 1 atom stereocenters. The van der Waals surface area contributed by atoms with Crippen LogP contribution in [0.15, 0.2) is 36.7 Å². The summed E-state index contributed by atoms with van der Waals surface area (Å²) >= 11 is 0. The molecule has 34 heavy (non-hydrogen) atoms. The fraction of sp³-hybridized carbons (Fsp3) is 0.360. The van der Waals surface area contributed by atoms with E-state index in [9.17, 15) is 9.18 Å². The molecule has 1 amide bonds. The number of pyridine rings is 1. The van der Waals surface area contributed by atoms with Crippen LogP contribution in [0.2, 0.25) is 0 Å². The molecule has 1 spiro atoms. The van der Waals surface area contributed by atoms with Gasteiger partial charge >= 0.3 is 0 Å². The number of aromatic nitrogens is 2. The van der Waals surface area contributed by atoms with E-state index in [1.807, 2.05) is 6.07 Å². The second kappa shape index (κ2) is 8.02. The summed E-state index contributed by atoms with van der Waals surface area (Å²) in [6.45, 7) is 1.77. The number of rotatable bonds is 7. The van der Waals surface area contributed by atoms with Gasteiger partial charge < -0.3 is 29.8 Å². The predicted molar refractivity (Wildman–Crippen MR) is 123 cm³/mol. The molecule has 1 aromatic carbocycles. The van der Waals surface area contributed by atoms with Crippen molar-refractivity contribution in [1.29, 1.82) is 0 Å². The number of carbonyl (C=O) groups excluding carboxylic acids is 1. The molecule has 2 aromatic heterocycles. The fourth-order valence-electron chi connectivity index (χ4n) is 4.71. The van der Waals surface area contributed by atoms with Crippen LogP contribution in [0.25, 0.3) is 11.3 Å². The van der Waals surface area contributed by atoms with Crippen LogP contribution < -0.4 is 20.1 Å². The molecular formula is C25H25FN4O4. The third-order valence-electron chi connectivity index (χ3n) is 6.90. The number of benzene rings is 1. The molecule has 3 aliphatic rings. The molecule has 3 N–H and O–H groups in total. The number of nitrogens with zero attached hydrogens (tertiary/aromatic N) is 1. The van der Waals surface area contributed by atoms with Gasteiger partial charge in [0.2, 0.25) is 0 Å². The van der Waals surface area contributed by atoms with E-state index in [1.165, 1.54) is 13.2 Å². The van der Waals surface area contributed by atoms with Gasteiger partial charge in [0.1, 0.15) is 12.4 Å². The smallest absolute Gasteiger partial charge is 0.255 e. The fourth-order valence-corrected chi connectivity index (χ4v) is 4.71. The summed E-state index contributed by atoms with van der Waals surface area (Å²) in [7, 11) is 1.42. The summed E-state index contributed by atoms with van der Waals surface area (Å²) in [6.07, 6.45) is 6.35. The van der Waals surface area contributed by atoms with Crippen LogP contribution in [0.4, 0.5) is 15.8 Å². The van der Waals surface area contributed by atoms with E-state index in [0.717, 1.165) is 37.1 Å². The van der Waals surface area contributed by atoms with Gasteiger partial charge in [-0.05, 0) is 31.0 Å². The van der Waals surface area contributed by atoms with Gasteiger partial charge in [0.15, 0.2) is 11.6 Å². The Labute approximate surface area is 195 Å². The van der Waals surface area contributed by atoms with E-state index in [4.69, 9.17) is 14.2 Å². The van der Waals surface area contributed by atoms with Crippen LogP contribution in [0.1, 0.15) is 35.3 Å². The predicted octanol–water partition coefficient (Wildman–Crippen LogP) is 3.91. The lowest BCUT2D eigenvalue weighted by Crippen LogP contribution is -2.39. The van der Waals surface area contributed by atoms with E-state index in [1.54, 1.807) is 24.5 Å².